The Morgan fingerprint density at radius 1 is 1.20 bits per heavy atom. The number of benzene rings is 1. The highest BCUT2D eigenvalue weighted by Crippen LogP contribution is 2.34. The molecule has 0 aliphatic rings. The van der Waals surface area contributed by atoms with Crippen LogP contribution < -0.4 is 5.32 Å². The average Bonchev–Trinajstić information content (AvgIpc) is 2.80. The van der Waals surface area contributed by atoms with Crippen molar-refractivity contribution in [3.63, 3.8) is 0 Å². The van der Waals surface area contributed by atoms with Gasteiger partial charge in [-0.05, 0) is 53.2 Å². The Labute approximate surface area is 144 Å². The summed E-state index contributed by atoms with van der Waals surface area (Å²) in [6.45, 7) is 5.93. The Hall–Kier alpha value is -0.170. The fraction of sp³-hybridized carbons (Fsp3) is 0.357. The van der Waals surface area contributed by atoms with E-state index in [1.807, 2.05) is 16.9 Å². The Morgan fingerprint density at radius 2 is 1.95 bits per heavy atom. The smallest absolute Gasteiger partial charge is 0.0771 e. The number of hydrogen-bond donors (Lipinski definition) is 1. The Kier molecular flexibility index (Phi) is 5.84. The molecule has 0 amide bonds. The van der Waals surface area contributed by atoms with Crippen molar-refractivity contribution in [1.82, 2.24) is 15.1 Å². The first-order valence-corrected chi connectivity index (χ1v) is 8.85. The van der Waals surface area contributed by atoms with Gasteiger partial charge in [0, 0.05) is 15.5 Å². The summed E-state index contributed by atoms with van der Waals surface area (Å²) in [5.41, 5.74) is 2.34. The molecule has 1 heterocycles. The minimum Gasteiger partial charge on any atom is -0.305 e. The van der Waals surface area contributed by atoms with Gasteiger partial charge < -0.3 is 5.32 Å². The van der Waals surface area contributed by atoms with Gasteiger partial charge in [-0.25, -0.2) is 0 Å². The maximum absolute atomic E-state index is 4.42. The molecule has 0 saturated carbocycles. The first kappa shape index (κ1) is 16.2. The van der Waals surface area contributed by atoms with Crippen molar-refractivity contribution in [3.8, 4) is 0 Å². The molecule has 1 aromatic carbocycles. The van der Waals surface area contributed by atoms with Crippen LogP contribution in [0.5, 0.6) is 0 Å². The number of rotatable bonds is 5. The lowest BCUT2D eigenvalue weighted by Crippen LogP contribution is -2.25. The number of aromatic nitrogens is 2. The van der Waals surface area contributed by atoms with Crippen molar-refractivity contribution in [3.05, 3.63) is 49.1 Å². The van der Waals surface area contributed by atoms with Gasteiger partial charge in [-0.3, -0.25) is 4.68 Å². The van der Waals surface area contributed by atoms with Gasteiger partial charge in [0.2, 0.25) is 0 Å². The normalized spacial score (nSPS) is 12.7. The van der Waals surface area contributed by atoms with Crippen LogP contribution in [-0.2, 0) is 6.54 Å². The predicted octanol–water partition coefficient (Wildman–Crippen LogP) is 4.89. The summed E-state index contributed by atoms with van der Waals surface area (Å²) in [5, 5.41) is 7.96. The highest BCUT2D eigenvalue weighted by molar-refractivity contribution is 9.11. The molecule has 2 rings (SSSR count). The fourth-order valence-corrected chi connectivity index (χ4v) is 3.58. The number of halogens is 3. The van der Waals surface area contributed by atoms with E-state index in [0.29, 0.717) is 0 Å². The van der Waals surface area contributed by atoms with Gasteiger partial charge in [0.15, 0.2) is 0 Å². The second-order valence-corrected chi connectivity index (χ2v) is 6.97. The number of hydrogen-bond acceptors (Lipinski definition) is 2. The maximum Gasteiger partial charge on any atom is 0.0771 e. The molecule has 20 heavy (non-hydrogen) atoms. The molecule has 1 unspecified atom stereocenters. The van der Waals surface area contributed by atoms with E-state index in [2.05, 4.69) is 84.2 Å². The molecule has 0 spiro atoms. The van der Waals surface area contributed by atoms with E-state index in [9.17, 15) is 0 Å². The largest absolute Gasteiger partial charge is 0.305 e. The van der Waals surface area contributed by atoms with Crippen LogP contribution in [0.2, 0.25) is 0 Å². The van der Waals surface area contributed by atoms with E-state index >= 15 is 0 Å². The van der Waals surface area contributed by atoms with Gasteiger partial charge in [0.05, 0.1) is 22.4 Å². The van der Waals surface area contributed by atoms with Crippen LogP contribution in [-0.4, -0.2) is 16.3 Å². The maximum atomic E-state index is 4.42. The van der Waals surface area contributed by atoms with Crippen LogP contribution in [0, 0.1) is 0 Å². The van der Waals surface area contributed by atoms with E-state index in [1.165, 1.54) is 5.56 Å². The highest BCUT2D eigenvalue weighted by Gasteiger charge is 2.22. The summed E-state index contributed by atoms with van der Waals surface area (Å²) in [7, 11) is 0. The minimum absolute atomic E-state index is 0.0868. The summed E-state index contributed by atoms with van der Waals surface area (Å²) in [4.78, 5) is 0. The van der Waals surface area contributed by atoms with Crippen LogP contribution in [0.15, 0.2) is 37.8 Å². The third-order valence-electron chi connectivity index (χ3n) is 3.08. The number of nitrogens with one attached hydrogen (secondary N) is 1. The van der Waals surface area contributed by atoms with Gasteiger partial charge in [-0.1, -0.05) is 38.8 Å². The van der Waals surface area contributed by atoms with E-state index in [4.69, 9.17) is 0 Å². The molecule has 1 aromatic heterocycles. The first-order chi connectivity index (χ1) is 9.58. The lowest BCUT2D eigenvalue weighted by Gasteiger charge is -2.22. The van der Waals surface area contributed by atoms with E-state index in [-0.39, 0.29) is 6.04 Å². The summed E-state index contributed by atoms with van der Waals surface area (Å²) in [5.74, 6) is 0. The van der Waals surface area contributed by atoms with Crippen molar-refractivity contribution in [2.24, 2.45) is 0 Å². The van der Waals surface area contributed by atoms with Crippen molar-refractivity contribution < 1.29 is 0 Å². The van der Waals surface area contributed by atoms with Gasteiger partial charge in [-0.2, -0.15) is 5.10 Å². The molecule has 0 saturated heterocycles. The molecule has 3 nitrogen and oxygen atoms in total. The molecule has 0 fully saturated rings. The Bertz CT molecular complexity index is 595. The van der Waals surface area contributed by atoms with E-state index in [0.717, 1.165) is 32.2 Å². The standard InChI is InChI=1S/C14H16Br3N3/c1-3-18-13(10-7-9(15)5-6-11(10)16)14-12(17)8-19-20(14)4-2/h5-8,13,18H,3-4H2,1-2H3. The Morgan fingerprint density at radius 3 is 2.60 bits per heavy atom. The second kappa shape index (κ2) is 7.20. The third kappa shape index (κ3) is 3.35. The summed E-state index contributed by atoms with van der Waals surface area (Å²) in [6.07, 6.45) is 1.86. The quantitative estimate of drug-likeness (QED) is 0.681. The first-order valence-electron chi connectivity index (χ1n) is 6.48. The monoisotopic (exact) mass is 463 g/mol. The molecule has 108 valence electrons. The van der Waals surface area contributed by atoms with E-state index in [1.54, 1.807) is 0 Å². The van der Waals surface area contributed by atoms with Gasteiger partial charge in [0.25, 0.3) is 0 Å². The predicted molar refractivity (Wildman–Crippen MR) is 93.0 cm³/mol. The van der Waals surface area contributed by atoms with Crippen LogP contribution in [0.1, 0.15) is 31.1 Å². The summed E-state index contributed by atoms with van der Waals surface area (Å²) >= 11 is 10.8. The molecule has 0 aliphatic heterocycles. The fourth-order valence-electron chi connectivity index (χ4n) is 2.20. The Balaban J connectivity index is 2.56. The topological polar surface area (TPSA) is 29.9 Å². The van der Waals surface area contributed by atoms with Crippen LogP contribution >= 0.6 is 47.8 Å². The van der Waals surface area contributed by atoms with Crippen molar-refractivity contribution in [2.45, 2.75) is 26.4 Å². The molecule has 2 aromatic rings. The van der Waals surface area contributed by atoms with Gasteiger partial charge in [-0.15, -0.1) is 0 Å². The third-order valence-corrected chi connectivity index (χ3v) is 4.91. The molecule has 0 bridgehead atoms. The van der Waals surface area contributed by atoms with Crippen molar-refractivity contribution in [2.75, 3.05) is 6.54 Å². The minimum atomic E-state index is 0.0868. The zero-order valence-corrected chi connectivity index (χ0v) is 16.1. The second-order valence-electron chi connectivity index (χ2n) is 4.35. The summed E-state index contributed by atoms with van der Waals surface area (Å²) in [6, 6.07) is 6.31. The van der Waals surface area contributed by atoms with Crippen LogP contribution in [0.25, 0.3) is 0 Å². The molecular formula is C14H16Br3N3. The number of nitrogens with zero attached hydrogens (tertiary/aromatic N) is 2. The lowest BCUT2D eigenvalue weighted by molar-refractivity contribution is 0.539. The lowest BCUT2D eigenvalue weighted by atomic mass is 10.0. The SMILES string of the molecule is CCNC(c1cc(Br)ccc1Br)c1c(Br)cnn1CC. The molecule has 1 N–H and O–H groups in total. The van der Waals surface area contributed by atoms with Gasteiger partial charge in [0.1, 0.15) is 0 Å². The van der Waals surface area contributed by atoms with Crippen LogP contribution in [0.3, 0.4) is 0 Å². The molecule has 0 aliphatic carbocycles. The zero-order valence-electron chi connectivity index (χ0n) is 11.3. The summed E-state index contributed by atoms with van der Waals surface area (Å²) < 4.78 is 5.20. The van der Waals surface area contributed by atoms with Crippen molar-refractivity contribution >= 4 is 47.8 Å². The molecule has 1 atom stereocenters. The zero-order chi connectivity index (χ0) is 14.7. The molecule has 0 radical (unpaired) electrons. The average molecular weight is 466 g/mol. The van der Waals surface area contributed by atoms with Crippen LogP contribution in [0.4, 0.5) is 0 Å². The molecular weight excluding hydrogens is 450 g/mol. The highest BCUT2D eigenvalue weighted by atomic mass is 79.9. The van der Waals surface area contributed by atoms with Crippen molar-refractivity contribution in [1.29, 1.82) is 0 Å². The van der Waals surface area contributed by atoms with E-state index < -0.39 is 0 Å². The van der Waals surface area contributed by atoms with Gasteiger partial charge >= 0.3 is 0 Å². The number of aryl methyl sites for hydroxylation is 1. The molecule has 6 heteroatoms.